The van der Waals surface area contributed by atoms with Gasteiger partial charge in [-0.15, -0.1) is 0 Å². The van der Waals surface area contributed by atoms with Crippen LogP contribution in [-0.2, 0) is 9.53 Å². The summed E-state index contributed by atoms with van der Waals surface area (Å²) in [4.78, 5) is 11.2. The Morgan fingerprint density at radius 1 is 1.43 bits per heavy atom. The van der Waals surface area contributed by atoms with Crippen molar-refractivity contribution in [2.75, 3.05) is 0 Å². The predicted octanol–water partition coefficient (Wildman–Crippen LogP) is 1.04. The lowest BCUT2D eigenvalue weighted by molar-refractivity contribution is -0.143. The highest BCUT2D eigenvalue weighted by Gasteiger charge is 2.41. The normalized spacial score (nSPS) is 46.0. The highest BCUT2D eigenvalue weighted by molar-refractivity contribution is 5.82. The number of fused-ring (bicyclic) bond motifs is 1. The molecule has 1 aliphatic carbocycles. The number of aliphatic hydroxyl groups is 1. The molecule has 0 aromatic heterocycles. The van der Waals surface area contributed by atoms with Gasteiger partial charge in [0.05, 0.1) is 6.10 Å². The second-order valence-electron chi connectivity index (χ2n) is 3.94. The predicted molar refractivity (Wildman–Crippen MR) is 51.4 cm³/mol. The van der Waals surface area contributed by atoms with Crippen LogP contribution in [0.25, 0.3) is 0 Å². The number of allylic oxidation sites excluding steroid dienone is 1. The highest BCUT2D eigenvalue weighted by Crippen LogP contribution is 2.43. The lowest BCUT2D eigenvalue weighted by Gasteiger charge is -2.11. The van der Waals surface area contributed by atoms with Crippen molar-refractivity contribution in [3.63, 3.8) is 0 Å². The van der Waals surface area contributed by atoms with Crippen molar-refractivity contribution >= 4 is 5.97 Å². The van der Waals surface area contributed by atoms with Gasteiger partial charge in [-0.05, 0) is 25.3 Å². The molecular formula is C11H14O3. The van der Waals surface area contributed by atoms with E-state index in [1.165, 1.54) is 12.2 Å². The molecule has 1 fully saturated rings. The van der Waals surface area contributed by atoms with Crippen LogP contribution >= 0.6 is 0 Å². The highest BCUT2D eigenvalue weighted by atomic mass is 16.5. The number of esters is 1. The SMILES string of the molecule is C[C@H]1OC(=O)/C=C\[C@H](O)/C=C/[C@H]2C[C@H]21. The smallest absolute Gasteiger partial charge is 0.330 e. The summed E-state index contributed by atoms with van der Waals surface area (Å²) < 4.78 is 5.16. The molecule has 1 saturated carbocycles. The molecule has 0 spiro atoms. The lowest BCUT2D eigenvalue weighted by Crippen LogP contribution is -2.17. The van der Waals surface area contributed by atoms with Gasteiger partial charge in [-0.3, -0.25) is 0 Å². The quantitative estimate of drug-likeness (QED) is 0.463. The van der Waals surface area contributed by atoms with Gasteiger partial charge >= 0.3 is 5.97 Å². The van der Waals surface area contributed by atoms with E-state index in [1.54, 1.807) is 6.08 Å². The van der Waals surface area contributed by atoms with Gasteiger partial charge in [0.1, 0.15) is 6.10 Å². The van der Waals surface area contributed by atoms with Gasteiger partial charge in [0.25, 0.3) is 0 Å². The molecule has 0 unspecified atom stereocenters. The summed E-state index contributed by atoms with van der Waals surface area (Å²) in [6, 6.07) is 0. The zero-order valence-corrected chi connectivity index (χ0v) is 8.09. The number of rotatable bonds is 0. The van der Waals surface area contributed by atoms with Crippen LogP contribution in [0.4, 0.5) is 0 Å². The molecule has 4 atom stereocenters. The average molecular weight is 194 g/mol. The topological polar surface area (TPSA) is 46.5 Å². The maximum atomic E-state index is 11.2. The molecule has 0 amide bonds. The standard InChI is InChI=1S/C11H14O3/c1-7-10-6-8(10)2-3-9(12)4-5-11(13)14-7/h2-5,7-10,12H,6H2,1H3/b3-2+,5-4-/t7-,8+,9-,10+/m1/s1. The van der Waals surface area contributed by atoms with Crippen molar-refractivity contribution < 1.29 is 14.6 Å². The third kappa shape index (κ3) is 2.04. The first-order valence-electron chi connectivity index (χ1n) is 4.92. The van der Waals surface area contributed by atoms with Crippen LogP contribution in [0.15, 0.2) is 24.3 Å². The van der Waals surface area contributed by atoms with Gasteiger partial charge in [0.15, 0.2) is 0 Å². The maximum absolute atomic E-state index is 11.2. The Bertz CT molecular complexity index is 293. The molecule has 0 bridgehead atoms. The number of aliphatic hydroxyl groups excluding tert-OH is 1. The van der Waals surface area contributed by atoms with E-state index in [0.717, 1.165) is 6.42 Å². The second kappa shape index (κ2) is 3.58. The lowest BCUT2D eigenvalue weighted by atomic mass is 10.1. The van der Waals surface area contributed by atoms with E-state index in [-0.39, 0.29) is 12.1 Å². The van der Waals surface area contributed by atoms with Crippen molar-refractivity contribution in [3.8, 4) is 0 Å². The van der Waals surface area contributed by atoms with Crippen LogP contribution < -0.4 is 0 Å². The minimum Gasteiger partial charge on any atom is -0.459 e. The molecule has 1 heterocycles. The van der Waals surface area contributed by atoms with Crippen molar-refractivity contribution in [2.24, 2.45) is 11.8 Å². The Labute approximate surface area is 83.1 Å². The number of carbonyl (C=O) groups is 1. The summed E-state index contributed by atoms with van der Waals surface area (Å²) >= 11 is 0. The number of ether oxygens (including phenoxy) is 1. The van der Waals surface area contributed by atoms with Gasteiger partial charge in [-0.25, -0.2) is 4.79 Å². The van der Waals surface area contributed by atoms with Crippen LogP contribution in [0.1, 0.15) is 13.3 Å². The van der Waals surface area contributed by atoms with E-state index < -0.39 is 6.10 Å². The second-order valence-corrected chi connectivity index (χ2v) is 3.94. The van der Waals surface area contributed by atoms with Gasteiger partial charge in [-0.1, -0.05) is 12.2 Å². The first-order chi connectivity index (χ1) is 6.66. The van der Waals surface area contributed by atoms with E-state index in [9.17, 15) is 9.90 Å². The molecular weight excluding hydrogens is 180 g/mol. The molecule has 0 aromatic rings. The Kier molecular flexibility index (Phi) is 2.42. The first kappa shape index (κ1) is 9.46. The summed E-state index contributed by atoms with van der Waals surface area (Å²) in [6.07, 6.45) is 6.83. The molecule has 1 aliphatic heterocycles. The maximum Gasteiger partial charge on any atom is 0.330 e. The fraction of sp³-hybridized carbons (Fsp3) is 0.545. The number of carbonyl (C=O) groups excluding carboxylic acids is 1. The van der Waals surface area contributed by atoms with Crippen molar-refractivity contribution in [1.29, 1.82) is 0 Å². The van der Waals surface area contributed by atoms with Crippen LogP contribution in [0.2, 0.25) is 0 Å². The molecule has 14 heavy (non-hydrogen) atoms. The minimum atomic E-state index is -0.669. The summed E-state index contributed by atoms with van der Waals surface area (Å²) in [7, 11) is 0. The van der Waals surface area contributed by atoms with Crippen LogP contribution in [0, 0.1) is 11.8 Å². The Balaban J connectivity index is 2.11. The summed E-state index contributed by atoms with van der Waals surface area (Å²) in [5.41, 5.74) is 0. The van der Waals surface area contributed by atoms with Crippen LogP contribution in [-0.4, -0.2) is 23.3 Å². The van der Waals surface area contributed by atoms with E-state index in [1.807, 2.05) is 13.0 Å². The average Bonchev–Trinajstić information content (AvgIpc) is 2.89. The Morgan fingerprint density at radius 2 is 2.21 bits per heavy atom. The fourth-order valence-corrected chi connectivity index (χ4v) is 1.80. The zero-order chi connectivity index (χ0) is 10.1. The van der Waals surface area contributed by atoms with E-state index >= 15 is 0 Å². The van der Waals surface area contributed by atoms with E-state index in [0.29, 0.717) is 11.8 Å². The van der Waals surface area contributed by atoms with Gasteiger partial charge in [0, 0.05) is 12.0 Å². The third-order valence-corrected chi connectivity index (χ3v) is 2.78. The molecule has 3 heteroatoms. The van der Waals surface area contributed by atoms with E-state index in [4.69, 9.17) is 4.74 Å². The number of hydrogen-bond donors (Lipinski definition) is 1. The first-order valence-corrected chi connectivity index (χ1v) is 4.92. The molecule has 0 aromatic carbocycles. The van der Waals surface area contributed by atoms with Crippen LogP contribution in [0.5, 0.6) is 0 Å². The van der Waals surface area contributed by atoms with Gasteiger partial charge < -0.3 is 9.84 Å². The van der Waals surface area contributed by atoms with Crippen molar-refractivity contribution in [3.05, 3.63) is 24.3 Å². The monoisotopic (exact) mass is 194 g/mol. The summed E-state index contributed by atoms with van der Waals surface area (Å²) in [6.45, 7) is 1.92. The summed E-state index contributed by atoms with van der Waals surface area (Å²) in [5.74, 6) is 0.547. The molecule has 76 valence electrons. The van der Waals surface area contributed by atoms with Crippen LogP contribution in [0.3, 0.4) is 0 Å². The number of hydrogen-bond acceptors (Lipinski definition) is 3. The molecule has 3 nitrogen and oxygen atoms in total. The zero-order valence-electron chi connectivity index (χ0n) is 8.09. The third-order valence-electron chi connectivity index (χ3n) is 2.78. The largest absolute Gasteiger partial charge is 0.459 e. The molecule has 1 N–H and O–H groups in total. The van der Waals surface area contributed by atoms with Crippen molar-refractivity contribution in [1.82, 2.24) is 0 Å². The molecule has 0 saturated heterocycles. The van der Waals surface area contributed by atoms with Crippen molar-refractivity contribution in [2.45, 2.75) is 25.6 Å². The van der Waals surface area contributed by atoms with Gasteiger partial charge in [0.2, 0.25) is 0 Å². The minimum absolute atomic E-state index is 0.0166. The fourth-order valence-electron chi connectivity index (χ4n) is 1.80. The number of cyclic esters (lactones) is 1. The Hall–Kier alpha value is -1.09. The van der Waals surface area contributed by atoms with E-state index in [2.05, 4.69) is 0 Å². The Morgan fingerprint density at radius 3 is 3.00 bits per heavy atom. The summed E-state index contributed by atoms with van der Waals surface area (Å²) in [5, 5.41) is 9.37. The van der Waals surface area contributed by atoms with Gasteiger partial charge in [-0.2, -0.15) is 0 Å². The molecule has 2 rings (SSSR count). The molecule has 2 aliphatic rings. The molecule has 0 radical (unpaired) electrons.